The molecule has 7 heteroatoms. The fourth-order valence-electron chi connectivity index (χ4n) is 3.19. The molecule has 0 saturated heterocycles. The minimum Gasteiger partial charge on any atom is -0.341 e. The molecule has 148 valence electrons. The standard InChI is InChI=1S/C22H22N4O2S/c1-14-6-5-7-15(2)20(14)26-22(28)25-18(21(27)24-11-10-23)12-16-13-29-19-9-4-3-8-17(16)19/h3-9,13,18H,11-12H2,1-2H3,(H,24,27)(H2,25,26,28). The van der Waals surface area contributed by atoms with Gasteiger partial charge in [0.1, 0.15) is 12.6 Å². The number of nitrogens with zero attached hydrogens (tertiary/aromatic N) is 1. The minimum absolute atomic E-state index is 0.111. The van der Waals surface area contributed by atoms with Crippen molar-refractivity contribution in [1.29, 1.82) is 5.26 Å². The van der Waals surface area contributed by atoms with Crippen LogP contribution in [0.5, 0.6) is 0 Å². The first kappa shape index (κ1) is 20.4. The highest BCUT2D eigenvalue weighted by Crippen LogP contribution is 2.26. The third-order valence-corrected chi connectivity index (χ3v) is 5.68. The summed E-state index contributed by atoms with van der Waals surface area (Å²) in [7, 11) is 0. The maximum absolute atomic E-state index is 12.6. The normalized spacial score (nSPS) is 11.5. The van der Waals surface area contributed by atoms with Crippen LogP contribution in [0.25, 0.3) is 10.1 Å². The van der Waals surface area contributed by atoms with Crippen LogP contribution in [0.1, 0.15) is 16.7 Å². The summed E-state index contributed by atoms with van der Waals surface area (Å²) in [6, 6.07) is 14.3. The number of rotatable bonds is 6. The topological polar surface area (TPSA) is 94.0 Å². The zero-order chi connectivity index (χ0) is 20.8. The highest BCUT2D eigenvalue weighted by molar-refractivity contribution is 7.17. The van der Waals surface area contributed by atoms with E-state index >= 15 is 0 Å². The average Bonchev–Trinajstić information content (AvgIpc) is 3.11. The highest BCUT2D eigenvalue weighted by Gasteiger charge is 2.23. The fraction of sp³-hybridized carbons (Fsp3) is 0.227. The number of benzene rings is 2. The van der Waals surface area contributed by atoms with E-state index < -0.39 is 18.0 Å². The van der Waals surface area contributed by atoms with E-state index in [1.165, 1.54) is 0 Å². The van der Waals surface area contributed by atoms with Gasteiger partial charge in [-0.05, 0) is 47.4 Å². The molecule has 0 radical (unpaired) electrons. The van der Waals surface area contributed by atoms with Crippen LogP contribution in [-0.4, -0.2) is 24.5 Å². The van der Waals surface area contributed by atoms with Gasteiger partial charge in [0.05, 0.1) is 6.07 Å². The Kier molecular flexibility index (Phi) is 6.47. The number of anilines is 1. The fourth-order valence-corrected chi connectivity index (χ4v) is 4.17. The SMILES string of the molecule is Cc1cccc(C)c1NC(=O)NC(Cc1csc2ccccc12)C(=O)NCC#N. The van der Waals surface area contributed by atoms with Gasteiger partial charge in [0, 0.05) is 16.8 Å². The number of fused-ring (bicyclic) bond motifs is 1. The third-order valence-electron chi connectivity index (χ3n) is 4.67. The van der Waals surface area contributed by atoms with Crippen LogP contribution >= 0.6 is 11.3 Å². The van der Waals surface area contributed by atoms with Gasteiger partial charge >= 0.3 is 6.03 Å². The van der Waals surface area contributed by atoms with Gasteiger partial charge in [-0.2, -0.15) is 5.26 Å². The summed E-state index contributed by atoms with van der Waals surface area (Å²) in [5.74, 6) is -0.390. The van der Waals surface area contributed by atoms with Crippen molar-refractivity contribution >= 4 is 39.0 Å². The Morgan fingerprint density at radius 2 is 1.83 bits per heavy atom. The molecule has 3 amide bonds. The molecule has 6 nitrogen and oxygen atoms in total. The largest absolute Gasteiger partial charge is 0.341 e. The zero-order valence-electron chi connectivity index (χ0n) is 16.3. The molecular weight excluding hydrogens is 384 g/mol. The maximum atomic E-state index is 12.6. The number of urea groups is 1. The summed E-state index contributed by atoms with van der Waals surface area (Å²) in [5, 5.41) is 20.0. The number of nitrogens with one attached hydrogen (secondary N) is 3. The number of hydrogen-bond donors (Lipinski definition) is 3. The lowest BCUT2D eigenvalue weighted by Crippen LogP contribution is -2.49. The summed E-state index contributed by atoms with van der Waals surface area (Å²) in [6.45, 7) is 3.72. The molecule has 0 fully saturated rings. The quantitative estimate of drug-likeness (QED) is 0.542. The second-order valence-corrected chi connectivity index (χ2v) is 7.67. The molecule has 3 aromatic rings. The first-order chi connectivity index (χ1) is 14.0. The molecule has 0 aliphatic carbocycles. The summed E-state index contributed by atoms with van der Waals surface area (Å²) in [4.78, 5) is 25.2. The van der Waals surface area contributed by atoms with Crippen LogP contribution in [-0.2, 0) is 11.2 Å². The van der Waals surface area contributed by atoms with Gasteiger partial charge in [-0.1, -0.05) is 36.4 Å². The van der Waals surface area contributed by atoms with E-state index in [0.29, 0.717) is 6.42 Å². The van der Waals surface area contributed by atoms with Crippen LogP contribution in [0.4, 0.5) is 10.5 Å². The lowest BCUT2D eigenvalue weighted by molar-refractivity contribution is -0.122. The molecule has 3 N–H and O–H groups in total. The average molecular weight is 407 g/mol. The number of hydrogen-bond acceptors (Lipinski definition) is 4. The second-order valence-electron chi connectivity index (χ2n) is 6.75. The lowest BCUT2D eigenvalue weighted by Gasteiger charge is -2.19. The number of aryl methyl sites for hydroxylation is 2. The number of thiophene rings is 1. The predicted octanol–water partition coefficient (Wildman–Crippen LogP) is 3.89. The van der Waals surface area contributed by atoms with Gasteiger partial charge < -0.3 is 16.0 Å². The molecular formula is C22H22N4O2S. The van der Waals surface area contributed by atoms with Crippen molar-refractivity contribution < 1.29 is 9.59 Å². The van der Waals surface area contributed by atoms with Crippen LogP contribution in [0.3, 0.4) is 0 Å². The number of para-hydroxylation sites is 1. The summed E-state index contributed by atoms with van der Waals surface area (Å²) in [6.07, 6.45) is 0.335. The Hall–Kier alpha value is -3.37. The molecule has 0 saturated carbocycles. The van der Waals surface area contributed by atoms with Crippen molar-refractivity contribution in [2.45, 2.75) is 26.3 Å². The highest BCUT2D eigenvalue weighted by atomic mass is 32.1. The third kappa shape index (κ3) is 4.92. The van der Waals surface area contributed by atoms with E-state index in [9.17, 15) is 9.59 Å². The van der Waals surface area contributed by atoms with Gasteiger partial charge in [-0.3, -0.25) is 4.79 Å². The predicted molar refractivity (Wildman–Crippen MR) is 116 cm³/mol. The molecule has 3 rings (SSSR count). The lowest BCUT2D eigenvalue weighted by atomic mass is 10.0. The van der Waals surface area contributed by atoms with E-state index in [1.54, 1.807) is 11.3 Å². The Morgan fingerprint density at radius 1 is 1.10 bits per heavy atom. The van der Waals surface area contributed by atoms with E-state index in [1.807, 2.05) is 67.8 Å². The van der Waals surface area contributed by atoms with Crippen LogP contribution in [0.15, 0.2) is 47.8 Å². The van der Waals surface area contributed by atoms with Gasteiger partial charge in [-0.25, -0.2) is 4.79 Å². The number of carbonyl (C=O) groups excluding carboxylic acids is 2. The molecule has 2 aromatic carbocycles. The number of carbonyl (C=O) groups is 2. The molecule has 0 spiro atoms. The Labute approximate surface area is 173 Å². The van der Waals surface area contributed by atoms with Crippen LogP contribution < -0.4 is 16.0 Å². The first-order valence-corrected chi connectivity index (χ1v) is 10.1. The van der Waals surface area contributed by atoms with Crippen molar-refractivity contribution in [1.82, 2.24) is 10.6 Å². The maximum Gasteiger partial charge on any atom is 0.319 e. The van der Waals surface area contributed by atoms with E-state index in [4.69, 9.17) is 5.26 Å². The Morgan fingerprint density at radius 3 is 2.55 bits per heavy atom. The monoisotopic (exact) mass is 406 g/mol. The van der Waals surface area contributed by atoms with Gasteiger partial charge in [0.15, 0.2) is 0 Å². The number of nitriles is 1. The molecule has 1 heterocycles. The molecule has 1 atom stereocenters. The number of amides is 3. The van der Waals surface area contributed by atoms with Gasteiger partial charge in [0.25, 0.3) is 0 Å². The molecule has 0 aliphatic rings. The minimum atomic E-state index is -0.800. The van der Waals surface area contributed by atoms with Crippen LogP contribution in [0.2, 0.25) is 0 Å². The van der Waals surface area contributed by atoms with Crippen molar-refractivity contribution in [3.8, 4) is 6.07 Å². The van der Waals surface area contributed by atoms with Crippen molar-refractivity contribution in [3.63, 3.8) is 0 Å². The van der Waals surface area contributed by atoms with E-state index in [2.05, 4.69) is 16.0 Å². The Balaban J connectivity index is 1.79. The Bertz CT molecular complexity index is 1060. The van der Waals surface area contributed by atoms with Crippen molar-refractivity contribution in [3.05, 3.63) is 64.5 Å². The zero-order valence-corrected chi connectivity index (χ0v) is 17.1. The van der Waals surface area contributed by atoms with E-state index in [0.717, 1.165) is 32.5 Å². The van der Waals surface area contributed by atoms with Crippen LogP contribution in [0, 0.1) is 25.2 Å². The van der Waals surface area contributed by atoms with Crippen molar-refractivity contribution in [2.75, 3.05) is 11.9 Å². The van der Waals surface area contributed by atoms with Gasteiger partial charge in [0.2, 0.25) is 5.91 Å². The van der Waals surface area contributed by atoms with Gasteiger partial charge in [-0.15, -0.1) is 11.3 Å². The molecule has 1 unspecified atom stereocenters. The molecule has 0 aliphatic heterocycles. The second kappa shape index (κ2) is 9.22. The molecule has 1 aromatic heterocycles. The first-order valence-electron chi connectivity index (χ1n) is 9.23. The summed E-state index contributed by atoms with van der Waals surface area (Å²) >= 11 is 1.60. The van der Waals surface area contributed by atoms with Crippen molar-refractivity contribution in [2.24, 2.45) is 0 Å². The van der Waals surface area contributed by atoms with E-state index in [-0.39, 0.29) is 6.54 Å². The smallest absolute Gasteiger partial charge is 0.319 e. The summed E-state index contributed by atoms with van der Waals surface area (Å²) < 4.78 is 1.12. The summed E-state index contributed by atoms with van der Waals surface area (Å²) in [5.41, 5.74) is 3.58. The molecule has 0 bridgehead atoms. The molecule has 29 heavy (non-hydrogen) atoms.